The van der Waals surface area contributed by atoms with E-state index >= 15 is 0 Å². The van der Waals surface area contributed by atoms with Gasteiger partial charge in [0, 0.05) is 17.0 Å². The maximum absolute atomic E-state index is 10.3. The Balaban J connectivity index is 1.59. The second-order valence-electron chi connectivity index (χ2n) is 5.96. The van der Waals surface area contributed by atoms with Crippen molar-refractivity contribution in [3.63, 3.8) is 0 Å². The van der Waals surface area contributed by atoms with Gasteiger partial charge in [0.2, 0.25) is 0 Å². The molecule has 0 saturated heterocycles. The van der Waals surface area contributed by atoms with E-state index in [1.54, 1.807) is 11.3 Å². The Bertz CT molecular complexity index is 629. The first-order valence-electron chi connectivity index (χ1n) is 8.00. The molecule has 0 aliphatic carbocycles. The summed E-state index contributed by atoms with van der Waals surface area (Å²) in [5.41, 5.74) is 1.16. The van der Waals surface area contributed by atoms with Gasteiger partial charge >= 0.3 is 0 Å². The van der Waals surface area contributed by atoms with Crippen molar-refractivity contribution in [3.05, 3.63) is 46.2 Å². The highest BCUT2D eigenvalue weighted by Crippen LogP contribution is 2.33. The van der Waals surface area contributed by atoms with E-state index < -0.39 is 6.10 Å². The number of nitrogens with one attached hydrogen (secondary N) is 1. The van der Waals surface area contributed by atoms with Crippen LogP contribution in [-0.2, 0) is 0 Å². The van der Waals surface area contributed by atoms with Crippen molar-refractivity contribution < 1.29 is 14.6 Å². The number of aliphatic hydroxyl groups is 1. The van der Waals surface area contributed by atoms with Gasteiger partial charge in [-0.05, 0) is 49.4 Å². The molecule has 1 aliphatic heterocycles. The normalized spacial score (nSPS) is 17.5. The van der Waals surface area contributed by atoms with Crippen molar-refractivity contribution in [2.45, 2.75) is 38.5 Å². The zero-order valence-corrected chi connectivity index (χ0v) is 14.3. The van der Waals surface area contributed by atoms with Crippen LogP contribution in [0.25, 0.3) is 0 Å². The van der Waals surface area contributed by atoms with E-state index in [4.69, 9.17) is 9.47 Å². The van der Waals surface area contributed by atoms with Crippen LogP contribution in [0.3, 0.4) is 0 Å². The molecule has 0 radical (unpaired) electrons. The Labute approximate surface area is 141 Å². The molecule has 4 nitrogen and oxygen atoms in total. The van der Waals surface area contributed by atoms with Crippen molar-refractivity contribution in [2.24, 2.45) is 0 Å². The third kappa shape index (κ3) is 4.05. The summed E-state index contributed by atoms with van der Waals surface area (Å²) in [6.45, 7) is 5.43. The fraction of sp³-hybridized carbons (Fsp3) is 0.444. The van der Waals surface area contributed by atoms with Crippen LogP contribution < -0.4 is 14.8 Å². The van der Waals surface area contributed by atoms with Crippen molar-refractivity contribution in [2.75, 3.05) is 13.2 Å². The lowest BCUT2D eigenvalue weighted by Gasteiger charge is -2.24. The molecule has 2 aromatic rings. The van der Waals surface area contributed by atoms with Crippen LogP contribution in [-0.4, -0.2) is 24.4 Å². The van der Waals surface area contributed by atoms with Crippen LogP contribution in [0.15, 0.2) is 35.7 Å². The van der Waals surface area contributed by atoms with Gasteiger partial charge in [-0.25, -0.2) is 0 Å². The standard InChI is InChI=1S/C18H23NO3S/c1-12(10-15(20)18-4-3-9-23-18)19-13(2)14-5-6-16-17(11-14)22-8-7-21-16/h3-6,9,11-13,15,19-20H,7-8,10H2,1-2H3. The Morgan fingerprint density at radius 3 is 2.70 bits per heavy atom. The van der Waals surface area contributed by atoms with Crippen LogP contribution in [0, 0.1) is 0 Å². The number of thiophene rings is 1. The molecule has 5 heteroatoms. The average Bonchev–Trinajstić information content (AvgIpc) is 3.08. The Hall–Kier alpha value is -1.56. The van der Waals surface area contributed by atoms with E-state index in [9.17, 15) is 5.11 Å². The highest BCUT2D eigenvalue weighted by atomic mass is 32.1. The van der Waals surface area contributed by atoms with Gasteiger partial charge in [-0.2, -0.15) is 0 Å². The van der Waals surface area contributed by atoms with Crippen molar-refractivity contribution in [3.8, 4) is 11.5 Å². The molecule has 0 spiro atoms. The highest BCUT2D eigenvalue weighted by molar-refractivity contribution is 7.10. The Morgan fingerprint density at radius 2 is 1.96 bits per heavy atom. The number of benzene rings is 1. The van der Waals surface area contributed by atoms with E-state index in [2.05, 4.69) is 25.2 Å². The lowest BCUT2D eigenvalue weighted by atomic mass is 10.0. The average molecular weight is 333 g/mol. The first-order valence-corrected chi connectivity index (χ1v) is 8.88. The van der Waals surface area contributed by atoms with E-state index in [1.807, 2.05) is 29.6 Å². The quantitative estimate of drug-likeness (QED) is 0.847. The molecule has 23 heavy (non-hydrogen) atoms. The molecule has 2 heterocycles. The highest BCUT2D eigenvalue weighted by Gasteiger charge is 2.18. The molecular formula is C18H23NO3S. The zero-order valence-electron chi connectivity index (χ0n) is 13.5. The summed E-state index contributed by atoms with van der Waals surface area (Å²) < 4.78 is 11.2. The molecule has 2 N–H and O–H groups in total. The maximum atomic E-state index is 10.3. The molecule has 0 amide bonds. The van der Waals surface area contributed by atoms with Gasteiger partial charge in [0.25, 0.3) is 0 Å². The molecule has 1 aromatic carbocycles. The van der Waals surface area contributed by atoms with Gasteiger partial charge < -0.3 is 19.9 Å². The second-order valence-corrected chi connectivity index (χ2v) is 6.94. The molecule has 3 unspecified atom stereocenters. The Morgan fingerprint density at radius 1 is 1.17 bits per heavy atom. The van der Waals surface area contributed by atoms with Crippen molar-refractivity contribution in [1.82, 2.24) is 5.32 Å². The van der Waals surface area contributed by atoms with E-state index in [1.165, 1.54) is 0 Å². The fourth-order valence-electron chi connectivity index (χ4n) is 2.85. The lowest BCUT2D eigenvalue weighted by molar-refractivity contribution is 0.155. The second kappa shape index (κ2) is 7.34. The third-order valence-corrected chi connectivity index (χ3v) is 5.02. The minimum atomic E-state index is -0.412. The minimum Gasteiger partial charge on any atom is -0.486 e. The van der Waals surface area contributed by atoms with Gasteiger partial charge in [0.05, 0.1) is 6.10 Å². The third-order valence-electron chi connectivity index (χ3n) is 4.05. The smallest absolute Gasteiger partial charge is 0.161 e. The molecule has 0 bridgehead atoms. The molecular weight excluding hydrogens is 310 g/mol. The maximum Gasteiger partial charge on any atom is 0.161 e. The molecule has 3 rings (SSSR count). The van der Waals surface area contributed by atoms with Gasteiger partial charge in [0.15, 0.2) is 11.5 Å². The van der Waals surface area contributed by atoms with Gasteiger partial charge in [-0.1, -0.05) is 12.1 Å². The van der Waals surface area contributed by atoms with E-state index in [0.717, 1.165) is 21.9 Å². The number of rotatable bonds is 6. The number of ether oxygens (including phenoxy) is 2. The predicted molar refractivity (Wildman–Crippen MR) is 92.3 cm³/mol. The van der Waals surface area contributed by atoms with Gasteiger partial charge in [-0.15, -0.1) is 11.3 Å². The summed E-state index contributed by atoms with van der Waals surface area (Å²) in [6, 6.07) is 10.4. The van der Waals surface area contributed by atoms with Crippen molar-refractivity contribution >= 4 is 11.3 Å². The number of fused-ring (bicyclic) bond motifs is 1. The summed E-state index contributed by atoms with van der Waals surface area (Å²) in [6.07, 6.45) is 0.278. The molecule has 0 saturated carbocycles. The van der Waals surface area contributed by atoms with Gasteiger partial charge in [0.1, 0.15) is 13.2 Å². The summed E-state index contributed by atoms with van der Waals surface area (Å²) in [5, 5.41) is 15.8. The van der Waals surface area contributed by atoms with Gasteiger partial charge in [-0.3, -0.25) is 0 Å². The zero-order chi connectivity index (χ0) is 16.2. The molecule has 1 aromatic heterocycles. The topological polar surface area (TPSA) is 50.7 Å². The summed E-state index contributed by atoms with van der Waals surface area (Å²) in [7, 11) is 0. The molecule has 124 valence electrons. The number of hydrogen-bond acceptors (Lipinski definition) is 5. The summed E-state index contributed by atoms with van der Waals surface area (Å²) in [5.74, 6) is 1.63. The van der Waals surface area contributed by atoms with E-state index in [0.29, 0.717) is 19.6 Å². The largest absolute Gasteiger partial charge is 0.486 e. The van der Waals surface area contributed by atoms with Crippen LogP contribution in [0.5, 0.6) is 11.5 Å². The first kappa shape index (κ1) is 16.3. The number of aliphatic hydroxyl groups excluding tert-OH is 1. The predicted octanol–water partition coefficient (Wildman–Crippen LogP) is 3.68. The van der Waals surface area contributed by atoms with Crippen LogP contribution in [0.2, 0.25) is 0 Å². The lowest BCUT2D eigenvalue weighted by Crippen LogP contribution is -2.30. The fourth-order valence-corrected chi connectivity index (χ4v) is 3.58. The monoisotopic (exact) mass is 333 g/mol. The van der Waals surface area contributed by atoms with E-state index in [-0.39, 0.29) is 12.1 Å². The van der Waals surface area contributed by atoms with Crippen molar-refractivity contribution in [1.29, 1.82) is 0 Å². The molecule has 1 aliphatic rings. The Kier molecular flexibility index (Phi) is 5.20. The summed E-state index contributed by atoms with van der Waals surface area (Å²) >= 11 is 1.60. The summed E-state index contributed by atoms with van der Waals surface area (Å²) in [4.78, 5) is 1.02. The number of hydrogen-bond donors (Lipinski definition) is 2. The molecule has 0 fully saturated rings. The van der Waals surface area contributed by atoms with Crippen LogP contribution in [0.4, 0.5) is 0 Å². The van der Waals surface area contributed by atoms with Crippen LogP contribution in [0.1, 0.15) is 42.9 Å². The minimum absolute atomic E-state index is 0.177. The van der Waals surface area contributed by atoms with Crippen LogP contribution >= 0.6 is 11.3 Å². The molecule has 3 atom stereocenters. The SMILES string of the molecule is CC(CC(O)c1cccs1)NC(C)c1ccc2c(c1)OCCO2. The first-order chi connectivity index (χ1) is 11.1.